The Labute approximate surface area is 128 Å². The van der Waals surface area contributed by atoms with E-state index in [1.807, 2.05) is 30.9 Å². The number of hydrogen-bond acceptors (Lipinski definition) is 2. The summed E-state index contributed by atoms with van der Waals surface area (Å²) in [5.41, 5.74) is 0. The molecule has 0 aliphatic carbocycles. The van der Waals surface area contributed by atoms with Crippen molar-refractivity contribution in [3.8, 4) is 0 Å². The fourth-order valence-electron chi connectivity index (χ4n) is 1.59. The molecule has 2 heterocycles. The van der Waals surface area contributed by atoms with Crippen molar-refractivity contribution in [2.75, 3.05) is 13.6 Å². The van der Waals surface area contributed by atoms with Crippen molar-refractivity contribution in [2.45, 2.75) is 6.42 Å². The van der Waals surface area contributed by atoms with E-state index in [0.717, 1.165) is 13.0 Å². The van der Waals surface area contributed by atoms with Gasteiger partial charge in [0, 0.05) is 18.5 Å². The Morgan fingerprint density at radius 2 is 2.33 bits per heavy atom. The lowest BCUT2D eigenvalue weighted by Gasteiger charge is -2.12. The predicted molar refractivity (Wildman–Crippen MR) is 67.1 cm³/mol. The van der Waals surface area contributed by atoms with Gasteiger partial charge in [0.05, 0.1) is 7.05 Å². The first kappa shape index (κ1) is 15.2. The van der Waals surface area contributed by atoms with Gasteiger partial charge < -0.3 is 28.9 Å². The maximum absolute atomic E-state index is 12.0. The van der Waals surface area contributed by atoms with E-state index >= 15 is 0 Å². The molecule has 0 N–H and O–H groups in total. The van der Waals surface area contributed by atoms with E-state index in [0.29, 0.717) is 0 Å². The van der Waals surface area contributed by atoms with E-state index in [4.69, 9.17) is 0 Å². The van der Waals surface area contributed by atoms with Crippen molar-refractivity contribution in [1.29, 1.82) is 0 Å². The molecule has 0 bridgehead atoms. The highest BCUT2D eigenvalue weighted by Gasteiger charge is 2.16. The van der Waals surface area contributed by atoms with Crippen molar-refractivity contribution in [3.05, 3.63) is 41.1 Å². The number of imidazole rings is 1. The fourth-order valence-corrected chi connectivity index (χ4v) is 2.29. The Morgan fingerprint density at radius 1 is 1.56 bits per heavy atom. The lowest BCUT2D eigenvalue weighted by molar-refractivity contribution is -0.670. The van der Waals surface area contributed by atoms with Crippen LogP contribution in [0.25, 0.3) is 0 Å². The SMILES string of the molecule is CN(CCc1cccs1)C(=O)n1cc[n+](C)c1.[I-]. The van der Waals surface area contributed by atoms with E-state index in [2.05, 4.69) is 11.4 Å². The average Bonchev–Trinajstić information content (AvgIpc) is 2.95. The van der Waals surface area contributed by atoms with Crippen LogP contribution >= 0.6 is 11.3 Å². The molecule has 0 saturated heterocycles. The van der Waals surface area contributed by atoms with E-state index in [9.17, 15) is 4.79 Å². The third-order valence-corrected chi connectivity index (χ3v) is 3.53. The van der Waals surface area contributed by atoms with Gasteiger partial charge in [-0.2, -0.15) is 4.57 Å². The Kier molecular flexibility index (Phi) is 5.80. The Balaban J connectivity index is 0.00000162. The molecule has 2 aromatic rings. The van der Waals surface area contributed by atoms with Gasteiger partial charge in [0.25, 0.3) is 6.33 Å². The maximum Gasteiger partial charge on any atom is 0.415 e. The standard InChI is InChI=1S/C12H16N3OS.HI/c1-13-7-8-15(10-13)12(16)14(2)6-5-11-4-3-9-17-11;/h3-4,7-10H,5-6H2,1-2H3;1H/q+1;/p-1. The van der Waals surface area contributed by atoms with E-state index < -0.39 is 0 Å². The van der Waals surface area contributed by atoms with Gasteiger partial charge >= 0.3 is 6.03 Å². The Hall–Kier alpha value is -0.890. The van der Waals surface area contributed by atoms with Crippen molar-refractivity contribution < 1.29 is 33.3 Å². The van der Waals surface area contributed by atoms with Crippen LogP contribution in [0.1, 0.15) is 4.88 Å². The molecular weight excluding hydrogens is 361 g/mol. The highest BCUT2D eigenvalue weighted by molar-refractivity contribution is 7.09. The minimum Gasteiger partial charge on any atom is -1.00 e. The smallest absolute Gasteiger partial charge is 0.415 e. The summed E-state index contributed by atoms with van der Waals surface area (Å²) < 4.78 is 3.44. The van der Waals surface area contributed by atoms with E-state index in [1.54, 1.807) is 33.3 Å². The minimum atomic E-state index is 0. The highest BCUT2D eigenvalue weighted by atomic mass is 127. The van der Waals surface area contributed by atoms with Gasteiger partial charge in [0.1, 0.15) is 12.4 Å². The third kappa shape index (κ3) is 3.81. The molecule has 0 saturated carbocycles. The first-order valence-corrected chi connectivity index (χ1v) is 6.36. The predicted octanol–water partition coefficient (Wildman–Crippen LogP) is -1.48. The molecule has 18 heavy (non-hydrogen) atoms. The zero-order chi connectivity index (χ0) is 12.3. The molecule has 1 amide bonds. The second-order valence-corrected chi connectivity index (χ2v) is 5.05. The second kappa shape index (κ2) is 6.89. The molecule has 4 nitrogen and oxygen atoms in total. The van der Waals surface area contributed by atoms with Gasteiger partial charge in [-0.1, -0.05) is 6.07 Å². The zero-order valence-corrected chi connectivity index (χ0v) is 13.4. The number of nitrogens with zero attached hydrogens (tertiary/aromatic N) is 3. The topological polar surface area (TPSA) is 29.1 Å². The normalized spacial score (nSPS) is 9.89. The third-order valence-electron chi connectivity index (χ3n) is 2.59. The molecule has 0 aliphatic heterocycles. The number of carbonyl (C=O) groups is 1. The minimum absolute atomic E-state index is 0. The molecule has 2 rings (SSSR count). The van der Waals surface area contributed by atoms with Crippen LogP contribution in [-0.2, 0) is 13.5 Å². The summed E-state index contributed by atoms with van der Waals surface area (Å²) in [5.74, 6) is 0. The summed E-state index contributed by atoms with van der Waals surface area (Å²) in [4.78, 5) is 15.0. The molecular formula is C12H16IN3OS. The molecule has 0 spiro atoms. The molecule has 6 heteroatoms. The lowest BCUT2D eigenvalue weighted by Crippen LogP contribution is -3.00. The van der Waals surface area contributed by atoms with Crippen LogP contribution in [0.4, 0.5) is 4.79 Å². The van der Waals surface area contributed by atoms with Crippen molar-refractivity contribution >= 4 is 17.4 Å². The zero-order valence-electron chi connectivity index (χ0n) is 10.4. The van der Waals surface area contributed by atoms with Gasteiger partial charge in [0.15, 0.2) is 0 Å². The first-order valence-electron chi connectivity index (χ1n) is 5.48. The molecule has 0 radical (unpaired) electrons. The van der Waals surface area contributed by atoms with E-state index in [-0.39, 0.29) is 30.0 Å². The molecule has 0 aliphatic rings. The highest BCUT2D eigenvalue weighted by Crippen LogP contribution is 2.09. The average molecular weight is 377 g/mol. The second-order valence-electron chi connectivity index (χ2n) is 4.02. The van der Waals surface area contributed by atoms with Crippen LogP contribution in [-0.4, -0.2) is 29.1 Å². The largest absolute Gasteiger partial charge is 1.00 e. The Bertz CT molecular complexity index is 495. The molecule has 0 unspecified atom stereocenters. The number of hydrogen-bond donors (Lipinski definition) is 0. The van der Waals surface area contributed by atoms with Crippen LogP contribution in [0.2, 0.25) is 0 Å². The molecule has 0 aromatic carbocycles. The van der Waals surface area contributed by atoms with Gasteiger partial charge in [0.2, 0.25) is 0 Å². The number of rotatable bonds is 3. The number of aryl methyl sites for hydroxylation is 1. The fraction of sp³-hybridized carbons (Fsp3) is 0.333. The number of thiophene rings is 1. The van der Waals surface area contributed by atoms with Crippen molar-refractivity contribution in [1.82, 2.24) is 9.47 Å². The Morgan fingerprint density at radius 3 is 2.89 bits per heavy atom. The van der Waals surface area contributed by atoms with Crippen molar-refractivity contribution in [2.24, 2.45) is 7.05 Å². The number of amides is 1. The molecule has 98 valence electrons. The quantitative estimate of drug-likeness (QED) is 0.474. The van der Waals surface area contributed by atoms with E-state index in [1.165, 1.54) is 4.88 Å². The summed E-state index contributed by atoms with van der Waals surface area (Å²) in [6.45, 7) is 0.737. The van der Waals surface area contributed by atoms with Gasteiger partial charge in [-0.05, 0) is 17.9 Å². The molecule has 0 atom stereocenters. The number of carbonyl (C=O) groups excluding carboxylic acids is 1. The lowest BCUT2D eigenvalue weighted by atomic mass is 10.3. The van der Waals surface area contributed by atoms with Crippen LogP contribution < -0.4 is 28.5 Å². The van der Waals surface area contributed by atoms with Crippen LogP contribution in [0.3, 0.4) is 0 Å². The molecule has 2 aromatic heterocycles. The summed E-state index contributed by atoms with van der Waals surface area (Å²) in [5, 5.41) is 2.06. The monoisotopic (exact) mass is 377 g/mol. The number of aromatic nitrogens is 2. The van der Waals surface area contributed by atoms with Gasteiger partial charge in [-0.25, -0.2) is 9.36 Å². The summed E-state index contributed by atoms with van der Waals surface area (Å²) in [7, 11) is 3.73. The van der Waals surface area contributed by atoms with Crippen molar-refractivity contribution in [3.63, 3.8) is 0 Å². The van der Waals surface area contributed by atoms with Crippen LogP contribution in [0, 0.1) is 0 Å². The first-order chi connectivity index (χ1) is 8.16. The number of likely N-dealkylation sites (N-methyl/N-ethyl adjacent to an activating group) is 1. The van der Waals surface area contributed by atoms with Crippen LogP contribution in [0.5, 0.6) is 0 Å². The maximum atomic E-state index is 12.0. The molecule has 0 fully saturated rings. The number of halogens is 1. The summed E-state index contributed by atoms with van der Waals surface area (Å²) in [6.07, 6.45) is 6.30. The van der Waals surface area contributed by atoms with Gasteiger partial charge in [-0.3, -0.25) is 0 Å². The van der Waals surface area contributed by atoms with Gasteiger partial charge in [-0.15, -0.1) is 11.3 Å². The summed E-state index contributed by atoms with van der Waals surface area (Å²) >= 11 is 1.73. The summed E-state index contributed by atoms with van der Waals surface area (Å²) in [6, 6.07) is 4.13. The van der Waals surface area contributed by atoms with Crippen LogP contribution in [0.15, 0.2) is 36.2 Å².